The van der Waals surface area contributed by atoms with Crippen molar-refractivity contribution in [1.82, 2.24) is 15.0 Å². The number of hydrogen-bond donors (Lipinski definition) is 1. The van der Waals surface area contributed by atoms with E-state index in [9.17, 15) is 8.42 Å². The summed E-state index contributed by atoms with van der Waals surface area (Å²) in [5.41, 5.74) is 2.23. The lowest BCUT2D eigenvalue weighted by molar-refractivity contribution is 0.602. The first-order valence-electron chi connectivity index (χ1n) is 5.74. The Morgan fingerprint density at radius 3 is 2.70 bits per heavy atom. The normalized spacial score (nSPS) is 11.9. The lowest BCUT2D eigenvalue weighted by Crippen LogP contribution is -1.96. The van der Waals surface area contributed by atoms with E-state index < -0.39 is 9.84 Å². The van der Waals surface area contributed by atoms with Crippen molar-refractivity contribution in [1.29, 1.82) is 0 Å². The molecule has 0 amide bonds. The van der Waals surface area contributed by atoms with E-state index in [-0.39, 0.29) is 4.90 Å². The Hall–Kier alpha value is -1.73. The fourth-order valence-electron chi connectivity index (χ4n) is 1.90. The smallest absolute Gasteiger partial charge is 0.175 e. The molecule has 102 valence electrons. The van der Waals surface area contributed by atoms with Crippen LogP contribution in [-0.2, 0) is 9.84 Å². The summed E-state index contributed by atoms with van der Waals surface area (Å²) in [7, 11) is -3.22. The van der Waals surface area contributed by atoms with E-state index in [1.807, 2.05) is 6.07 Å². The van der Waals surface area contributed by atoms with E-state index in [0.717, 1.165) is 10.0 Å². The van der Waals surface area contributed by atoms with Crippen molar-refractivity contribution in [3.8, 4) is 11.4 Å². The van der Waals surface area contributed by atoms with Gasteiger partial charge in [0.1, 0.15) is 5.82 Å². The van der Waals surface area contributed by atoms with Crippen LogP contribution in [0.3, 0.4) is 0 Å². The minimum atomic E-state index is -3.22. The highest BCUT2D eigenvalue weighted by Crippen LogP contribution is 2.24. The van der Waals surface area contributed by atoms with Crippen LogP contribution in [0.5, 0.6) is 0 Å². The summed E-state index contributed by atoms with van der Waals surface area (Å²) >= 11 is 3.36. The fourth-order valence-corrected chi connectivity index (χ4v) is 2.91. The zero-order valence-corrected chi connectivity index (χ0v) is 12.9. The molecule has 2 aromatic heterocycles. The average Bonchev–Trinajstić information content (AvgIpc) is 2.80. The molecule has 0 bridgehead atoms. The quantitative estimate of drug-likeness (QED) is 0.770. The maximum atomic E-state index is 11.5. The largest absolute Gasteiger partial charge is 0.338 e. The standard InChI is InChI=1S/C13H10BrN3O2S/c1-20(18,19)10-2-3-11-12(5-10)17-13(16-11)8-4-9(14)7-15-6-8/h2-7H,1H3,(H,16,17). The number of H-pyrrole nitrogens is 1. The highest BCUT2D eigenvalue weighted by Gasteiger charge is 2.11. The van der Waals surface area contributed by atoms with Crippen LogP contribution in [-0.4, -0.2) is 29.6 Å². The molecular weight excluding hydrogens is 342 g/mol. The molecule has 20 heavy (non-hydrogen) atoms. The van der Waals surface area contributed by atoms with E-state index in [1.165, 1.54) is 6.26 Å². The van der Waals surface area contributed by atoms with Crippen LogP contribution in [0.2, 0.25) is 0 Å². The first kappa shape index (κ1) is 13.3. The molecule has 7 heteroatoms. The SMILES string of the molecule is CS(=O)(=O)c1ccc2nc(-c3cncc(Br)c3)[nH]c2c1. The second-order valence-electron chi connectivity index (χ2n) is 4.43. The topological polar surface area (TPSA) is 75.7 Å². The third-order valence-corrected chi connectivity index (χ3v) is 4.40. The Kier molecular flexibility index (Phi) is 3.10. The minimum absolute atomic E-state index is 0.271. The molecule has 0 fully saturated rings. The summed E-state index contributed by atoms with van der Waals surface area (Å²) in [6.07, 6.45) is 4.57. The number of hydrogen-bond acceptors (Lipinski definition) is 4. The highest BCUT2D eigenvalue weighted by molar-refractivity contribution is 9.10. The van der Waals surface area contributed by atoms with Crippen molar-refractivity contribution >= 4 is 36.8 Å². The fraction of sp³-hybridized carbons (Fsp3) is 0.0769. The lowest BCUT2D eigenvalue weighted by Gasteiger charge is -1.96. The van der Waals surface area contributed by atoms with Gasteiger partial charge in [0.15, 0.2) is 9.84 Å². The summed E-state index contributed by atoms with van der Waals surface area (Å²) in [5.74, 6) is 0.652. The summed E-state index contributed by atoms with van der Waals surface area (Å²) in [5, 5.41) is 0. The van der Waals surface area contributed by atoms with Gasteiger partial charge < -0.3 is 4.98 Å². The lowest BCUT2D eigenvalue weighted by atomic mass is 10.3. The number of sulfone groups is 1. The highest BCUT2D eigenvalue weighted by atomic mass is 79.9. The maximum Gasteiger partial charge on any atom is 0.175 e. The van der Waals surface area contributed by atoms with Gasteiger partial charge in [-0.2, -0.15) is 0 Å². The minimum Gasteiger partial charge on any atom is -0.338 e. The molecule has 3 aromatic rings. The van der Waals surface area contributed by atoms with Crippen LogP contribution in [0.15, 0.2) is 46.0 Å². The number of rotatable bonds is 2. The van der Waals surface area contributed by atoms with E-state index in [1.54, 1.807) is 30.6 Å². The van der Waals surface area contributed by atoms with Crippen LogP contribution in [0.4, 0.5) is 0 Å². The molecule has 3 rings (SSSR count). The first-order valence-corrected chi connectivity index (χ1v) is 8.43. The molecule has 0 aliphatic rings. The predicted molar refractivity (Wildman–Crippen MR) is 80.1 cm³/mol. The maximum absolute atomic E-state index is 11.5. The second-order valence-corrected chi connectivity index (χ2v) is 7.36. The van der Waals surface area contributed by atoms with Gasteiger partial charge in [-0.15, -0.1) is 0 Å². The molecular formula is C13H10BrN3O2S. The van der Waals surface area contributed by atoms with Gasteiger partial charge in [-0.25, -0.2) is 13.4 Å². The number of imidazole rings is 1. The zero-order valence-electron chi connectivity index (χ0n) is 10.5. The number of nitrogens with one attached hydrogen (secondary N) is 1. The monoisotopic (exact) mass is 351 g/mol. The van der Waals surface area contributed by atoms with Crippen molar-refractivity contribution in [2.45, 2.75) is 4.90 Å². The van der Waals surface area contributed by atoms with Gasteiger partial charge in [-0.1, -0.05) is 0 Å². The van der Waals surface area contributed by atoms with Crippen molar-refractivity contribution in [2.24, 2.45) is 0 Å². The van der Waals surface area contributed by atoms with Gasteiger partial charge in [0.05, 0.1) is 15.9 Å². The van der Waals surface area contributed by atoms with Gasteiger partial charge in [0, 0.05) is 28.7 Å². The average molecular weight is 352 g/mol. The number of halogens is 1. The van der Waals surface area contributed by atoms with Gasteiger partial charge in [-0.3, -0.25) is 4.98 Å². The molecule has 2 heterocycles. The Morgan fingerprint density at radius 1 is 1.20 bits per heavy atom. The first-order chi connectivity index (χ1) is 9.43. The van der Waals surface area contributed by atoms with Gasteiger partial charge in [0.2, 0.25) is 0 Å². The van der Waals surface area contributed by atoms with Crippen LogP contribution < -0.4 is 0 Å². The molecule has 0 saturated carbocycles. The summed E-state index contributed by atoms with van der Waals surface area (Å²) < 4.78 is 23.9. The predicted octanol–water partition coefficient (Wildman–Crippen LogP) is 2.79. The summed E-state index contributed by atoms with van der Waals surface area (Å²) in [6.45, 7) is 0. The summed E-state index contributed by atoms with van der Waals surface area (Å²) in [4.78, 5) is 11.9. The number of benzene rings is 1. The van der Waals surface area contributed by atoms with Gasteiger partial charge in [0.25, 0.3) is 0 Å². The van der Waals surface area contributed by atoms with Crippen LogP contribution in [0.25, 0.3) is 22.4 Å². The number of nitrogens with zero attached hydrogens (tertiary/aromatic N) is 2. The Balaban J connectivity index is 2.16. The molecule has 0 unspecified atom stereocenters. The molecule has 1 aromatic carbocycles. The van der Waals surface area contributed by atoms with Crippen molar-refractivity contribution in [2.75, 3.05) is 6.26 Å². The van der Waals surface area contributed by atoms with E-state index in [0.29, 0.717) is 16.9 Å². The van der Waals surface area contributed by atoms with Crippen molar-refractivity contribution < 1.29 is 8.42 Å². The van der Waals surface area contributed by atoms with Crippen LogP contribution in [0.1, 0.15) is 0 Å². The molecule has 5 nitrogen and oxygen atoms in total. The molecule has 0 atom stereocenters. The number of pyridine rings is 1. The third kappa shape index (κ3) is 2.46. The summed E-state index contributed by atoms with van der Waals surface area (Å²) in [6, 6.07) is 6.73. The van der Waals surface area contributed by atoms with E-state index in [2.05, 4.69) is 30.9 Å². The van der Waals surface area contributed by atoms with Gasteiger partial charge in [-0.05, 0) is 40.2 Å². The van der Waals surface area contributed by atoms with Crippen molar-refractivity contribution in [3.63, 3.8) is 0 Å². The molecule has 1 N–H and O–H groups in total. The number of fused-ring (bicyclic) bond motifs is 1. The van der Waals surface area contributed by atoms with E-state index in [4.69, 9.17) is 0 Å². The van der Waals surface area contributed by atoms with Crippen LogP contribution in [0, 0.1) is 0 Å². The van der Waals surface area contributed by atoms with E-state index >= 15 is 0 Å². The molecule has 0 spiro atoms. The third-order valence-electron chi connectivity index (χ3n) is 2.86. The van der Waals surface area contributed by atoms with Crippen LogP contribution >= 0.6 is 15.9 Å². The molecule has 0 aliphatic heterocycles. The number of aromatic amines is 1. The Labute approximate surface area is 124 Å². The van der Waals surface area contributed by atoms with Gasteiger partial charge >= 0.3 is 0 Å². The Bertz CT molecular complexity index is 903. The molecule has 0 aliphatic carbocycles. The molecule has 0 radical (unpaired) electrons. The molecule has 0 saturated heterocycles. The zero-order chi connectivity index (χ0) is 14.3. The van der Waals surface area contributed by atoms with Crippen molar-refractivity contribution in [3.05, 3.63) is 41.1 Å². The Morgan fingerprint density at radius 2 is 2.00 bits per heavy atom. The number of aromatic nitrogens is 3. The second kappa shape index (κ2) is 4.68.